The van der Waals surface area contributed by atoms with Gasteiger partial charge in [-0.25, -0.2) is 9.48 Å². The zero-order valence-electron chi connectivity index (χ0n) is 29.4. The lowest BCUT2D eigenvalue weighted by Crippen LogP contribution is -2.63. The molecule has 0 unspecified atom stereocenters. The third-order valence-corrected chi connectivity index (χ3v) is 10.4. The number of benzene rings is 2. The van der Waals surface area contributed by atoms with Gasteiger partial charge in [-0.1, -0.05) is 78.3 Å². The Bertz CT molecular complexity index is 1760. The van der Waals surface area contributed by atoms with Gasteiger partial charge in [0.05, 0.1) is 24.4 Å². The number of fused-ring (bicyclic) bond motifs is 2. The van der Waals surface area contributed by atoms with Crippen molar-refractivity contribution in [1.82, 2.24) is 15.0 Å². The lowest BCUT2D eigenvalue weighted by Gasteiger charge is -2.58. The summed E-state index contributed by atoms with van der Waals surface area (Å²) in [5, 5.41) is 42.9. The van der Waals surface area contributed by atoms with Gasteiger partial charge in [0.25, 0.3) is 0 Å². The standard InChI is InChI=1S/C40H48N4O8/c1-3-20-49-29-16-17-35-32(23-29)37-30(15-9-11-19-46)28(14-8-10-18-45)22-31-33(42-51-26-27-12-6-5-7-13-27)24-36(44-34(39(47)48)25-41-43-44)40(52-35,38(31)37)50-21-4-2/h3-7,12-13,16-17,22-23,25,28,30,36-38,45-46H,1-2,8-11,14-15,18-21,24,26H2,(H,47,48)/t28-,30+,36-,37+,38+,40+/m0/s1. The fourth-order valence-electron chi connectivity index (χ4n) is 8.21. The first-order valence-electron chi connectivity index (χ1n) is 18.1. The fourth-order valence-corrected chi connectivity index (χ4v) is 8.21. The zero-order chi connectivity index (χ0) is 36.5. The highest BCUT2D eigenvalue weighted by Crippen LogP contribution is 2.63. The monoisotopic (exact) mass is 712 g/mol. The lowest BCUT2D eigenvalue weighted by molar-refractivity contribution is -0.252. The lowest BCUT2D eigenvalue weighted by atomic mass is 9.55. The Morgan fingerprint density at radius 1 is 1.04 bits per heavy atom. The van der Waals surface area contributed by atoms with Crippen molar-refractivity contribution in [2.75, 3.05) is 26.4 Å². The number of aliphatic hydroxyl groups is 2. The second kappa shape index (κ2) is 17.2. The predicted octanol–water partition coefficient (Wildman–Crippen LogP) is 6.25. The number of hydrogen-bond acceptors (Lipinski definition) is 10. The van der Waals surface area contributed by atoms with Crippen LogP contribution in [0.15, 0.2) is 96.8 Å². The highest BCUT2D eigenvalue weighted by Gasteiger charge is 2.65. The van der Waals surface area contributed by atoms with E-state index in [0.717, 1.165) is 42.4 Å². The third-order valence-electron chi connectivity index (χ3n) is 10.4. The topological polar surface area (TPSA) is 158 Å². The molecule has 1 aliphatic heterocycles. The molecule has 0 radical (unpaired) electrons. The van der Waals surface area contributed by atoms with Crippen LogP contribution in [0, 0.1) is 17.8 Å². The first kappa shape index (κ1) is 37.0. The summed E-state index contributed by atoms with van der Waals surface area (Å²) in [6.07, 6.45) is 11.6. The number of carboxylic acids is 1. The smallest absolute Gasteiger partial charge is 0.355 e. The molecule has 2 aliphatic carbocycles. The van der Waals surface area contributed by atoms with E-state index in [4.69, 9.17) is 24.2 Å². The molecule has 0 spiro atoms. The first-order valence-corrected chi connectivity index (χ1v) is 18.1. The van der Waals surface area contributed by atoms with Gasteiger partial charge < -0.3 is 34.4 Å². The van der Waals surface area contributed by atoms with Crippen molar-refractivity contribution in [3.8, 4) is 11.5 Å². The summed E-state index contributed by atoms with van der Waals surface area (Å²) >= 11 is 0. The molecule has 52 heavy (non-hydrogen) atoms. The Hall–Kier alpha value is -4.78. The molecule has 1 aromatic heterocycles. The van der Waals surface area contributed by atoms with Gasteiger partial charge in [-0.05, 0) is 66.9 Å². The Labute approximate surface area is 304 Å². The summed E-state index contributed by atoms with van der Waals surface area (Å²) < 4.78 is 21.3. The van der Waals surface area contributed by atoms with Crippen molar-refractivity contribution in [2.24, 2.45) is 22.9 Å². The van der Waals surface area contributed by atoms with Gasteiger partial charge in [0.15, 0.2) is 5.69 Å². The molecule has 0 saturated heterocycles. The highest BCUT2D eigenvalue weighted by molar-refractivity contribution is 6.02. The fraction of sp³-hybridized carbons (Fsp3) is 0.450. The van der Waals surface area contributed by atoms with Gasteiger partial charge in [-0.2, -0.15) is 0 Å². The van der Waals surface area contributed by atoms with Crippen LogP contribution in [0.1, 0.15) is 78.5 Å². The number of unbranched alkanes of at least 4 members (excludes halogenated alkanes) is 2. The van der Waals surface area contributed by atoms with E-state index in [0.29, 0.717) is 36.7 Å². The van der Waals surface area contributed by atoms with Gasteiger partial charge in [-0.3, -0.25) is 0 Å². The van der Waals surface area contributed by atoms with E-state index in [1.807, 2.05) is 48.5 Å². The Balaban J connectivity index is 1.58. The maximum atomic E-state index is 12.6. The van der Waals surface area contributed by atoms with E-state index < -0.39 is 23.7 Å². The molecule has 1 saturated carbocycles. The summed E-state index contributed by atoms with van der Waals surface area (Å²) in [6, 6.07) is 14.7. The van der Waals surface area contributed by atoms with E-state index in [1.165, 1.54) is 10.9 Å². The number of aromatic nitrogens is 3. The molecule has 0 amide bonds. The van der Waals surface area contributed by atoms with E-state index in [1.54, 1.807) is 12.2 Å². The molecule has 12 heteroatoms. The molecule has 6 rings (SSSR count). The molecule has 3 N–H and O–H groups in total. The summed E-state index contributed by atoms with van der Waals surface area (Å²) in [7, 11) is 0. The van der Waals surface area contributed by atoms with Crippen molar-refractivity contribution < 1.29 is 39.2 Å². The molecule has 12 nitrogen and oxygen atoms in total. The number of rotatable bonds is 19. The zero-order valence-corrected chi connectivity index (χ0v) is 29.4. The van der Waals surface area contributed by atoms with Crippen LogP contribution in [0.5, 0.6) is 11.5 Å². The van der Waals surface area contributed by atoms with Crippen LogP contribution in [0.2, 0.25) is 0 Å². The third kappa shape index (κ3) is 7.55. The number of ether oxygens (including phenoxy) is 3. The van der Waals surface area contributed by atoms with Gasteiger partial charge in [0, 0.05) is 31.1 Å². The molecule has 0 bridgehead atoms. The van der Waals surface area contributed by atoms with Gasteiger partial charge >= 0.3 is 5.97 Å². The summed E-state index contributed by atoms with van der Waals surface area (Å²) in [5.41, 5.74) is 3.34. The van der Waals surface area contributed by atoms with Crippen LogP contribution in [0.25, 0.3) is 0 Å². The normalized spacial score (nSPS) is 25.3. The van der Waals surface area contributed by atoms with Crippen molar-refractivity contribution in [1.29, 1.82) is 0 Å². The van der Waals surface area contributed by atoms with Crippen molar-refractivity contribution in [3.63, 3.8) is 0 Å². The van der Waals surface area contributed by atoms with E-state index in [-0.39, 0.29) is 56.3 Å². The van der Waals surface area contributed by atoms with Crippen LogP contribution in [-0.2, 0) is 16.2 Å². The summed E-state index contributed by atoms with van der Waals surface area (Å²) in [4.78, 5) is 18.6. The van der Waals surface area contributed by atoms with Crippen LogP contribution < -0.4 is 9.47 Å². The van der Waals surface area contributed by atoms with Crippen LogP contribution >= 0.6 is 0 Å². The molecule has 3 aliphatic rings. The molecule has 2 heterocycles. The average molecular weight is 713 g/mol. The summed E-state index contributed by atoms with van der Waals surface area (Å²) in [6.45, 7) is 8.63. The maximum absolute atomic E-state index is 12.6. The number of carbonyl (C=O) groups is 1. The molecule has 276 valence electrons. The largest absolute Gasteiger partial charge is 0.490 e. The van der Waals surface area contributed by atoms with Crippen LogP contribution in [0.4, 0.5) is 0 Å². The quantitative estimate of drug-likeness (QED) is 0.0738. The number of carboxylic acid groups (broad SMARTS) is 1. The number of allylic oxidation sites excluding steroid dienone is 1. The molecule has 3 aromatic rings. The molecule has 6 atom stereocenters. The molecule has 2 aromatic carbocycles. The number of hydrogen-bond donors (Lipinski definition) is 3. The number of aromatic carboxylic acids is 1. The minimum absolute atomic E-state index is 0.0583. The molecular weight excluding hydrogens is 664 g/mol. The predicted molar refractivity (Wildman–Crippen MR) is 194 cm³/mol. The van der Waals surface area contributed by atoms with Crippen LogP contribution in [-0.4, -0.2) is 74.2 Å². The van der Waals surface area contributed by atoms with Crippen molar-refractivity contribution >= 4 is 11.7 Å². The second-order valence-corrected chi connectivity index (χ2v) is 13.5. The number of oxime groups is 1. The number of nitrogens with zero attached hydrogens (tertiary/aromatic N) is 4. The van der Waals surface area contributed by atoms with Gasteiger partial charge in [-0.15, -0.1) is 11.7 Å². The van der Waals surface area contributed by atoms with Crippen molar-refractivity contribution in [3.05, 3.63) is 109 Å². The Kier molecular flexibility index (Phi) is 12.2. The average Bonchev–Trinajstić information content (AvgIpc) is 3.65. The van der Waals surface area contributed by atoms with Gasteiger partial charge in [0.2, 0.25) is 5.79 Å². The minimum atomic E-state index is -1.46. The highest BCUT2D eigenvalue weighted by atomic mass is 16.7. The maximum Gasteiger partial charge on any atom is 0.355 e. The molecular formula is C40H48N4O8. The van der Waals surface area contributed by atoms with E-state index >= 15 is 0 Å². The summed E-state index contributed by atoms with van der Waals surface area (Å²) in [5.74, 6) is -1.94. The van der Waals surface area contributed by atoms with E-state index in [9.17, 15) is 20.1 Å². The number of aliphatic hydroxyl groups excluding tert-OH is 2. The second-order valence-electron chi connectivity index (χ2n) is 13.5. The van der Waals surface area contributed by atoms with Gasteiger partial charge in [0.1, 0.15) is 30.8 Å². The molecule has 1 fully saturated rings. The first-order chi connectivity index (χ1) is 25.4. The Morgan fingerprint density at radius 2 is 1.81 bits per heavy atom. The minimum Gasteiger partial charge on any atom is -0.490 e. The van der Waals surface area contributed by atoms with E-state index in [2.05, 4.69) is 29.5 Å². The SMILES string of the molecule is C=CCOc1ccc2c(c1)[C@H]1[C@H](CCCCO)[C@@H](CCCCO)C=C3C(=NOCc4ccccc4)C[C@H](n4nncc4C(=O)O)[C@@](OCC=C)(O2)[C@H]31. The van der Waals surface area contributed by atoms with Crippen LogP contribution in [0.3, 0.4) is 0 Å². The Morgan fingerprint density at radius 3 is 2.54 bits per heavy atom. The van der Waals surface area contributed by atoms with Crippen molar-refractivity contribution in [2.45, 2.75) is 69.3 Å².